The van der Waals surface area contributed by atoms with E-state index in [0.717, 1.165) is 0 Å². The maximum atomic E-state index is 2.52. The van der Waals surface area contributed by atoms with E-state index in [0.29, 0.717) is 0 Å². The Morgan fingerprint density at radius 2 is 0.769 bits per heavy atom. The fourth-order valence-electron chi connectivity index (χ4n) is 11.3. The molecule has 0 saturated heterocycles. The molecule has 0 spiro atoms. The maximum absolute atomic E-state index is 2.52. The molecule has 13 aromatic carbocycles. The molecular formula is C64H39N. The highest BCUT2D eigenvalue weighted by Gasteiger charge is 2.23. The van der Waals surface area contributed by atoms with Crippen LogP contribution in [0.3, 0.4) is 0 Å². The van der Waals surface area contributed by atoms with Crippen molar-refractivity contribution in [3.8, 4) is 39.1 Å². The molecule has 0 amide bonds. The zero-order valence-corrected chi connectivity index (χ0v) is 35.5. The highest BCUT2D eigenvalue weighted by molar-refractivity contribution is 6.29. The minimum Gasteiger partial charge on any atom is -0.309 e. The molecule has 0 N–H and O–H groups in total. The molecule has 14 rings (SSSR count). The van der Waals surface area contributed by atoms with E-state index in [-0.39, 0.29) is 0 Å². The van der Waals surface area contributed by atoms with Crippen LogP contribution in [0.4, 0.5) is 0 Å². The monoisotopic (exact) mass is 821 g/mol. The van der Waals surface area contributed by atoms with Crippen molar-refractivity contribution in [3.05, 3.63) is 237 Å². The predicted molar refractivity (Wildman–Crippen MR) is 280 cm³/mol. The lowest BCUT2D eigenvalue weighted by molar-refractivity contribution is 1.20. The minimum atomic E-state index is 1.18. The molecule has 0 aliphatic carbocycles. The first-order valence-electron chi connectivity index (χ1n) is 22.6. The molecule has 300 valence electrons. The Hall–Kier alpha value is -8.52. The van der Waals surface area contributed by atoms with E-state index in [1.807, 2.05) is 0 Å². The van der Waals surface area contributed by atoms with Gasteiger partial charge in [-0.05, 0) is 140 Å². The number of benzene rings is 13. The third kappa shape index (κ3) is 5.33. The molecule has 1 heterocycles. The normalized spacial score (nSPS) is 12.0. The highest BCUT2D eigenvalue weighted by Crippen LogP contribution is 2.48. The van der Waals surface area contributed by atoms with Crippen molar-refractivity contribution in [3.63, 3.8) is 0 Å². The van der Waals surface area contributed by atoms with Gasteiger partial charge in [-0.2, -0.15) is 0 Å². The minimum absolute atomic E-state index is 1.18. The molecule has 65 heavy (non-hydrogen) atoms. The number of nitrogens with zero attached hydrogens (tertiary/aromatic N) is 1. The third-order valence-electron chi connectivity index (χ3n) is 14.1. The van der Waals surface area contributed by atoms with Gasteiger partial charge in [-0.15, -0.1) is 0 Å². The van der Waals surface area contributed by atoms with E-state index in [1.165, 1.54) is 136 Å². The van der Waals surface area contributed by atoms with Crippen LogP contribution in [0.25, 0.3) is 136 Å². The van der Waals surface area contributed by atoms with Crippen LogP contribution >= 0.6 is 0 Å². The lowest BCUT2D eigenvalue weighted by Gasteiger charge is -2.21. The van der Waals surface area contributed by atoms with E-state index in [1.54, 1.807) is 0 Å². The standard InChI is InChI=1S/C64H39N/c1-2-17-42(18-3-1)61-52-26-12-13-27-53(52)62(55-32-29-46(39-57(55)61)47-28-14-21-45-37-43-19-4-5-20-44(43)38-56(45)47)54-33-36-58(51-25-11-10-24-50(51)54)65-59-34-30-40-15-6-8-22-48(40)63(59)64-49-23-9-7-16-41(49)31-35-60(64)65/h1-39H. The van der Waals surface area contributed by atoms with Gasteiger partial charge >= 0.3 is 0 Å². The molecule has 1 aromatic heterocycles. The van der Waals surface area contributed by atoms with Crippen molar-refractivity contribution in [1.29, 1.82) is 0 Å². The molecule has 0 aliphatic rings. The second kappa shape index (κ2) is 14.0. The van der Waals surface area contributed by atoms with Gasteiger partial charge in [-0.25, -0.2) is 0 Å². The summed E-state index contributed by atoms with van der Waals surface area (Å²) in [4.78, 5) is 0. The fraction of sp³-hybridized carbons (Fsp3) is 0. The molecular weight excluding hydrogens is 783 g/mol. The van der Waals surface area contributed by atoms with Crippen LogP contribution in [0.1, 0.15) is 0 Å². The van der Waals surface area contributed by atoms with Crippen LogP contribution in [-0.4, -0.2) is 4.57 Å². The summed E-state index contributed by atoms with van der Waals surface area (Å²) in [5.41, 5.74) is 11.0. The molecule has 0 atom stereocenters. The summed E-state index contributed by atoms with van der Waals surface area (Å²) in [5, 5.41) is 20.1. The summed E-state index contributed by atoms with van der Waals surface area (Å²) in [6, 6.07) is 88.0. The molecule has 0 radical (unpaired) electrons. The zero-order valence-electron chi connectivity index (χ0n) is 35.5. The Labute approximate surface area is 375 Å². The topological polar surface area (TPSA) is 4.93 Å². The van der Waals surface area contributed by atoms with Crippen molar-refractivity contribution < 1.29 is 0 Å². The Morgan fingerprint density at radius 1 is 0.231 bits per heavy atom. The number of hydrogen-bond acceptors (Lipinski definition) is 0. The van der Waals surface area contributed by atoms with Gasteiger partial charge in [0.25, 0.3) is 0 Å². The van der Waals surface area contributed by atoms with E-state index < -0.39 is 0 Å². The SMILES string of the molecule is c1ccc(-c2c3ccccc3c(-c3ccc(-n4c5ccc6ccccc6c5c5c6ccccc6ccc54)c4ccccc34)c3ccc(-c4cccc5cc6ccccc6cc45)cc23)cc1. The largest absolute Gasteiger partial charge is 0.309 e. The number of fused-ring (bicyclic) bond motifs is 12. The third-order valence-corrected chi connectivity index (χ3v) is 14.1. The van der Waals surface area contributed by atoms with Gasteiger partial charge in [0.1, 0.15) is 0 Å². The molecule has 0 fully saturated rings. The van der Waals surface area contributed by atoms with Gasteiger partial charge in [0, 0.05) is 16.2 Å². The van der Waals surface area contributed by atoms with Crippen molar-refractivity contribution in [2.24, 2.45) is 0 Å². The summed E-state index contributed by atoms with van der Waals surface area (Å²) in [7, 11) is 0. The van der Waals surface area contributed by atoms with Crippen LogP contribution in [-0.2, 0) is 0 Å². The maximum Gasteiger partial charge on any atom is 0.0548 e. The number of hydrogen-bond donors (Lipinski definition) is 0. The van der Waals surface area contributed by atoms with Crippen molar-refractivity contribution in [1.82, 2.24) is 4.57 Å². The lowest BCUT2D eigenvalue weighted by Crippen LogP contribution is -1.97. The van der Waals surface area contributed by atoms with Crippen LogP contribution in [0.15, 0.2) is 237 Å². The zero-order chi connectivity index (χ0) is 42.6. The Bertz CT molecular complexity index is 4190. The van der Waals surface area contributed by atoms with Crippen molar-refractivity contribution >= 4 is 97.2 Å². The molecule has 1 heteroatoms. The molecule has 1 nitrogen and oxygen atoms in total. The number of aromatic nitrogens is 1. The van der Waals surface area contributed by atoms with Gasteiger partial charge < -0.3 is 4.57 Å². The smallest absolute Gasteiger partial charge is 0.0548 e. The van der Waals surface area contributed by atoms with Gasteiger partial charge in [0.05, 0.1) is 16.7 Å². The number of rotatable bonds is 4. The summed E-state index contributed by atoms with van der Waals surface area (Å²) in [6.07, 6.45) is 0. The first-order chi connectivity index (χ1) is 32.3. The summed E-state index contributed by atoms with van der Waals surface area (Å²) in [6.45, 7) is 0. The van der Waals surface area contributed by atoms with E-state index in [9.17, 15) is 0 Å². The summed E-state index contributed by atoms with van der Waals surface area (Å²) >= 11 is 0. The summed E-state index contributed by atoms with van der Waals surface area (Å²) < 4.78 is 2.52. The van der Waals surface area contributed by atoms with Crippen LogP contribution < -0.4 is 0 Å². The average molecular weight is 822 g/mol. The van der Waals surface area contributed by atoms with Gasteiger partial charge in [-0.3, -0.25) is 0 Å². The predicted octanol–water partition coefficient (Wildman–Crippen LogP) is 17.9. The Balaban J connectivity index is 1.07. The first-order valence-corrected chi connectivity index (χ1v) is 22.6. The summed E-state index contributed by atoms with van der Waals surface area (Å²) in [5.74, 6) is 0. The fourth-order valence-corrected chi connectivity index (χ4v) is 11.3. The Morgan fingerprint density at radius 3 is 1.46 bits per heavy atom. The molecule has 0 unspecified atom stereocenters. The molecule has 14 aromatic rings. The molecule has 0 aliphatic heterocycles. The van der Waals surface area contributed by atoms with Crippen molar-refractivity contribution in [2.75, 3.05) is 0 Å². The van der Waals surface area contributed by atoms with E-state index in [4.69, 9.17) is 0 Å². The first kappa shape index (κ1) is 36.0. The van der Waals surface area contributed by atoms with E-state index in [2.05, 4.69) is 241 Å². The highest BCUT2D eigenvalue weighted by atomic mass is 15.0. The molecule has 0 bridgehead atoms. The van der Waals surface area contributed by atoms with Crippen LogP contribution in [0, 0.1) is 0 Å². The second-order valence-electron chi connectivity index (χ2n) is 17.5. The van der Waals surface area contributed by atoms with Crippen LogP contribution in [0.5, 0.6) is 0 Å². The van der Waals surface area contributed by atoms with Gasteiger partial charge in [0.15, 0.2) is 0 Å². The molecule has 0 saturated carbocycles. The van der Waals surface area contributed by atoms with E-state index >= 15 is 0 Å². The quantitative estimate of drug-likeness (QED) is 0.156. The Kier molecular flexibility index (Phi) is 7.75. The van der Waals surface area contributed by atoms with Gasteiger partial charge in [-0.1, -0.05) is 200 Å². The lowest BCUT2D eigenvalue weighted by atomic mass is 9.83. The second-order valence-corrected chi connectivity index (χ2v) is 17.5. The van der Waals surface area contributed by atoms with Gasteiger partial charge in [0.2, 0.25) is 0 Å². The average Bonchev–Trinajstić information content (AvgIpc) is 3.72. The van der Waals surface area contributed by atoms with Crippen LogP contribution in [0.2, 0.25) is 0 Å². The van der Waals surface area contributed by atoms with Crippen molar-refractivity contribution in [2.45, 2.75) is 0 Å².